The highest BCUT2D eigenvalue weighted by Gasteiger charge is 2.17. The van der Waals surface area contributed by atoms with E-state index in [1.807, 2.05) is 0 Å². The molecule has 0 atom stereocenters. The van der Waals surface area contributed by atoms with Crippen LogP contribution in [0.25, 0.3) is 6.08 Å². The molecule has 0 spiro atoms. The summed E-state index contributed by atoms with van der Waals surface area (Å²) in [4.78, 5) is 21.8. The summed E-state index contributed by atoms with van der Waals surface area (Å²) >= 11 is 4.02. The van der Waals surface area contributed by atoms with E-state index in [4.69, 9.17) is 0 Å². The lowest BCUT2D eigenvalue weighted by Gasteiger charge is -2.07. The fourth-order valence-electron chi connectivity index (χ4n) is 1.50. The van der Waals surface area contributed by atoms with Gasteiger partial charge in [-0.3, -0.25) is 10.1 Å². The van der Waals surface area contributed by atoms with E-state index in [-0.39, 0.29) is 11.3 Å². The molecule has 1 aromatic carbocycles. The average Bonchev–Trinajstić information content (AvgIpc) is 2.36. The maximum Gasteiger partial charge on any atom is 0.338 e. The number of hydrogen-bond acceptors (Lipinski definition) is 5. The molecule has 96 valence electrons. The lowest BCUT2D eigenvalue weighted by molar-refractivity contribution is -0.384. The molecule has 0 aliphatic rings. The summed E-state index contributed by atoms with van der Waals surface area (Å²) in [6.45, 7) is 1.72. The van der Waals surface area contributed by atoms with Crippen LogP contribution in [-0.4, -0.2) is 23.8 Å². The van der Waals surface area contributed by atoms with E-state index in [2.05, 4.69) is 17.4 Å². The number of rotatable bonds is 4. The van der Waals surface area contributed by atoms with E-state index in [0.29, 0.717) is 16.9 Å². The monoisotopic (exact) mass is 267 g/mol. The predicted octanol–water partition coefficient (Wildman–Crippen LogP) is 2.63. The average molecular weight is 267 g/mol. The van der Waals surface area contributed by atoms with Crippen LogP contribution in [0.1, 0.15) is 21.5 Å². The molecule has 0 saturated carbocycles. The highest BCUT2D eigenvalue weighted by atomic mass is 32.1. The van der Waals surface area contributed by atoms with Gasteiger partial charge in [0, 0.05) is 17.9 Å². The Morgan fingerprint density at radius 3 is 2.72 bits per heavy atom. The third kappa shape index (κ3) is 3.10. The standard InChI is InChI=1S/C12H13NO4S/c1-8-9(4-3-5-18)6-10(13(15)16)7-11(8)12(14)17-2/h3-4,6-7,18H,5H2,1-2H3. The first-order valence-corrected chi connectivity index (χ1v) is 5.79. The van der Waals surface area contributed by atoms with Crippen molar-refractivity contribution in [1.29, 1.82) is 0 Å². The van der Waals surface area contributed by atoms with Gasteiger partial charge in [-0.25, -0.2) is 4.79 Å². The Hall–Kier alpha value is -1.82. The van der Waals surface area contributed by atoms with Gasteiger partial charge in [0.15, 0.2) is 0 Å². The van der Waals surface area contributed by atoms with Crippen LogP contribution in [-0.2, 0) is 4.74 Å². The predicted molar refractivity (Wildman–Crippen MR) is 72.1 cm³/mol. The molecule has 0 saturated heterocycles. The lowest BCUT2D eigenvalue weighted by atomic mass is 10.0. The van der Waals surface area contributed by atoms with Crippen LogP contribution in [0.4, 0.5) is 5.69 Å². The number of non-ortho nitro benzene ring substituents is 1. The molecule has 6 heteroatoms. The maximum atomic E-state index is 11.6. The number of hydrogen-bond donors (Lipinski definition) is 1. The fraction of sp³-hybridized carbons (Fsp3) is 0.250. The topological polar surface area (TPSA) is 69.4 Å². The number of nitro benzene ring substituents is 1. The fourth-order valence-corrected chi connectivity index (χ4v) is 1.61. The van der Waals surface area contributed by atoms with E-state index in [1.165, 1.54) is 19.2 Å². The minimum atomic E-state index is -0.586. The Kier molecular flexibility index (Phi) is 4.91. The van der Waals surface area contributed by atoms with Crippen LogP contribution in [0.2, 0.25) is 0 Å². The Labute approximate surface area is 110 Å². The highest BCUT2D eigenvalue weighted by Crippen LogP contribution is 2.24. The number of methoxy groups -OCH3 is 1. The molecule has 18 heavy (non-hydrogen) atoms. The Bertz CT molecular complexity index is 511. The van der Waals surface area contributed by atoms with Crippen molar-refractivity contribution in [3.8, 4) is 0 Å². The smallest absolute Gasteiger partial charge is 0.338 e. The molecule has 0 aromatic heterocycles. The summed E-state index contributed by atoms with van der Waals surface area (Å²) in [6.07, 6.45) is 3.44. The zero-order valence-electron chi connectivity index (χ0n) is 10.0. The van der Waals surface area contributed by atoms with E-state index in [0.717, 1.165) is 0 Å². The van der Waals surface area contributed by atoms with Gasteiger partial charge in [-0.05, 0) is 18.1 Å². The zero-order valence-corrected chi connectivity index (χ0v) is 10.9. The van der Waals surface area contributed by atoms with E-state index < -0.39 is 10.9 Å². The van der Waals surface area contributed by atoms with Crippen molar-refractivity contribution < 1.29 is 14.5 Å². The van der Waals surface area contributed by atoms with Gasteiger partial charge in [0.05, 0.1) is 17.6 Å². The molecule has 5 nitrogen and oxygen atoms in total. The third-order valence-corrected chi connectivity index (χ3v) is 2.66. The molecule has 0 amide bonds. The summed E-state index contributed by atoms with van der Waals surface area (Å²) in [5.41, 5.74) is 1.31. The molecule has 0 aliphatic heterocycles. The Morgan fingerprint density at radius 1 is 1.56 bits per heavy atom. The van der Waals surface area contributed by atoms with Crippen LogP contribution in [0.3, 0.4) is 0 Å². The highest BCUT2D eigenvalue weighted by molar-refractivity contribution is 7.80. The number of esters is 1. The van der Waals surface area contributed by atoms with Crippen molar-refractivity contribution in [2.45, 2.75) is 6.92 Å². The number of nitrogens with zero attached hydrogens (tertiary/aromatic N) is 1. The van der Waals surface area contributed by atoms with Crippen molar-refractivity contribution in [2.75, 3.05) is 12.9 Å². The minimum absolute atomic E-state index is 0.139. The summed E-state index contributed by atoms with van der Waals surface area (Å²) in [5.74, 6) is -0.0768. The summed E-state index contributed by atoms with van der Waals surface area (Å²) < 4.78 is 4.61. The van der Waals surface area contributed by atoms with E-state index >= 15 is 0 Å². The van der Waals surface area contributed by atoms with Gasteiger partial charge in [0.25, 0.3) is 5.69 Å². The second-order valence-electron chi connectivity index (χ2n) is 3.54. The van der Waals surface area contributed by atoms with Crippen molar-refractivity contribution in [1.82, 2.24) is 0 Å². The number of nitro groups is 1. The van der Waals surface area contributed by atoms with Gasteiger partial charge in [0.1, 0.15) is 0 Å². The molecular formula is C12H13NO4S. The first-order chi connectivity index (χ1) is 8.51. The molecule has 1 rings (SSSR count). The molecule has 0 radical (unpaired) electrons. The van der Waals surface area contributed by atoms with Crippen molar-refractivity contribution >= 4 is 30.4 Å². The molecule has 0 heterocycles. The molecule has 1 aromatic rings. The van der Waals surface area contributed by atoms with Gasteiger partial charge in [-0.2, -0.15) is 12.6 Å². The van der Waals surface area contributed by atoms with Crippen LogP contribution >= 0.6 is 12.6 Å². The van der Waals surface area contributed by atoms with Crippen molar-refractivity contribution in [3.63, 3.8) is 0 Å². The number of thiol groups is 1. The van der Waals surface area contributed by atoms with Gasteiger partial charge >= 0.3 is 5.97 Å². The molecular weight excluding hydrogens is 254 g/mol. The molecule has 0 fully saturated rings. The first kappa shape index (κ1) is 14.2. The van der Waals surface area contributed by atoms with E-state index in [1.54, 1.807) is 19.1 Å². The Morgan fingerprint density at radius 2 is 2.22 bits per heavy atom. The number of carbonyl (C=O) groups excluding carboxylic acids is 1. The van der Waals surface area contributed by atoms with Gasteiger partial charge in [-0.1, -0.05) is 12.2 Å². The van der Waals surface area contributed by atoms with Crippen LogP contribution in [0.5, 0.6) is 0 Å². The van der Waals surface area contributed by atoms with Gasteiger partial charge in [-0.15, -0.1) is 0 Å². The number of benzene rings is 1. The van der Waals surface area contributed by atoms with E-state index in [9.17, 15) is 14.9 Å². The third-order valence-electron chi connectivity index (χ3n) is 2.45. The second-order valence-corrected chi connectivity index (χ2v) is 3.91. The summed E-state index contributed by atoms with van der Waals surface area (Å²) in [7, 11) is 1.24. The summed E-state index contributed by atoms with van der Waals surface area (Å²) in [5, 5.41) is 10.8. The molecule has 0 bridgehead atoms. The largest absolute Gasteiger partial charge is 0.465 e. The van der Waals surface area contributed by atoms with Crippen molar-refractivity contribution in [3.05, 3.63) is 45.0 Å². The zero-order chi connectivity index (χ0) is 13.7. The van der Waals surface area contributed by atoms with Crippen LogP contribution in [0.15, 0.2) is 18.2 Å². The lowest BCUT2D eigenvalue weighted by Crippen LogP contribution is -2.06. The minimum Gasteiger partial charge on any atom is -0.465 e. The van der Waals surface area contributed by atoms with Crippen molar-refractivity contribution in [2.24, 2.45) is 0 Å². The normalized spacial score (nSPS) is 10.6. The summed E-state index contributed by atoms with van der Waals surface area (Å²) in [6, 6.07) is 2.64. The maximum absolute atomic E-state index is 11.6. The first-order valence-electron chi connectivity index (χ1n) is 5.16. The second kappa shape index (κ2) is 6.20. The van der Waals surface area contributed by atoms with Crippen LogP contribution < -0.4 is 0 Å². The van der Waals surface area contributed by atoms with Gasteiger partial charge in [0.2, 0.25) is 0 Å². The number of carbonyl (C=O) groups is 1. The van der Waals surface area contributed by atoms with Gasteiger partial charge < -0.3 is 4.74 Å². The SMILES string of the molecule is COC(=O)c1cc([N+](=O)[O-])cc(C=CCS)c1C. The van der Waals surface area contributed by atoms with Crippen LogP contribution in [0, 0.1) is 17.0 Å². The number of ether oxygens (including phenoxy) is 1. The quantitative estimate of drug-likeness (QED) is 0.394. The Balaban J connectivity index is 3.42. The molecule has 0 aliphatic carbocycles. The molecule has 0 unspecified atom stereocenters. The molecule has 0 N–H and O–H groups in total.